The van der Waals surface area contributed by atoms with E-state index in [0.717, 1.165) is 17.4 Å². The molecule has 1 aromatic heterocycles. The molecule has 0 bridgehead atoms. The van der Waals surface area contributed by atoms with E-state index in [1.165, 1.54) is 6.92 Å². The number of carbonyl (C=O) groups excluding carboxylic acids is 1. The Morgan fingerprint density at radius 1 is 1.33 bits per heavy atom. The van der Waals surface area contributed by atoms with E-state index in [4.69, 9.17) is 0 Å². The largest absolute Gasteiger partial charge is 0.389 e. The number of aromatic nitrogens is 2. The molecule has 2 N–H and O–H groups in total. The molecular formula is C15H18N2O3S. The number of rotatable bonds is 5. The summed E-state index contributed by atoms with van der Waals surface area (Å²) < 4.78 is 1.67. The van der Waals surface area contributed by atoms with E-state index in [1.54, 1.807) is 17.8 Å². The number of thioether (sulfide) groups is 1. The van der Waals surface area contributed by atoms with Crippen molar-refractivity contribution in [3.63, 3.8) is 0 Å². The van der Waals surface area contributed by atoms with E-state index in [-0.39, 0.29) is 10.9 Å². The zero-order valence-corrected chi connectivity index (χ0v) is 12.7. The number of nitrogens with zero attached hydrogens (tertiary/aromatic N) is 2. The molecule has 5 nitrogen and oxygen atoms in total. The maximum absolute atomic E-state index is 10.9. The molecule has 0 aliphatic carbocycles. The minimum absolute atomic E-state index is 0.0852. The molecule has 0 amide bonds. The van der Waals surface area contributed by atoms with Crippen LogP contribution in [0.4, 0.5) is 0 Å². The summed E-state index contributed by atoms with van der Waals surface area (Å²) in [5, 5.41) is 24.4. The zero-order valence-electron chi connectivity index (χ0n) is 11.9. The van der Waals surface area contributed by atoms with Crippen molar-refractivity contribution in [1.82, 2.24) is 9.78 Å². The van der Waals surface area contributed by atoms with E-state index in [9.17, 15) is 15.0 Å². The summed E-state index contributed by atoms with van der Waals surface area (Å²) in [4.78, 5) is 10.9. The molecule has 0 radical (unpaired) electrons. The third kappa shape index (κ3) is 3.93. The van der Waals surface area contributed by atoms with Crippen LogP contribution in [0.1, 0.15) is 24.3 Å². The van der Waals surface area contributed by atoms with Gasteiger partial charge in [-0.1, -0.05) is 30.0 Å². The summed E-state index contributed by atoms with van der Waals surface area (Å²) in [5.41, 5.74) is 2.10. The lowest BCUT2D eigenvalue weighted by molar-refractivity contribution is -0.109. The summed E-state index contributed by atoms with van der Waals surface area (Å²) in [6, 6.07) is 9.54. The van der Waals surface area contributed by atoms with Crippen molar-refractivity contribution >= 4 is 16.9 Å². The fourth-order valence-electron chi connectivity index (χ4n) is 1.98. The van der Waals surface area contributed by atoms with E-state index in [2.05, 4.69) is 5.10 Å². The number of hydrogen-bond donors (Lipinski definition) is 2. The van der Waals surface area contributed by atoms with Gasteiger partial charge in [0.25, 0.3) is 0 Å². The van der Waals surface area contributed by atoms with Gasteiger partial charge in [-0.25, -0.2) is 4.68 Å². The molecule has 1 aromatic carbocycles. The van der Waals surface area contributed by atoms with Crippen molar-refractivity contribution in [2.45, 2.75) is 26.1 Å². The van der Waals surface area contributed by atoms with E-state index < -0.39 is 12.2 Å². The lowest BCUT2D eigenvalue weighted by Gasteiger charge is -2.16. The van der Waals surface area contributed by atoms with Crippen molar-refractivity contribution in [2.75, 3.05) is 5.75 Å². The van der Waals surface area contributed by atoms with Gasteiger partial charge in [-0.3, -0.25) is 4.79 Å². The van der Waals surface area contributed by atoms with Gasteiger partial charge in [-0.05, 0) is 19.1 Å². The van der Waals surface area contributed by atoms with Crippen LogP contribution in [0.25, 0.3) is 5.69 Å². The Bertz CT molecular complexity index is 613. The predicted octanol–water partition coefficient (Wildman–Crippen LogP) is 1.85. The van der Waals surface area contributed by atoms with Gasteiger partial charge in [-0.2, -0.15) is 5.10 Å². The Morgan fingerprint density at radius 2 is 2.00 bits per heavy atom. The maximum Gasteiger partial charge on any atom is 0.185 e. The first-order valence-corrected chi connectivity index (χ1v) is 7.58. The molecule has 0 saturated heterocycles. The van der Waals surface area contributed by atoms with Crippen LogP contribution < -0.4 is 0 Å². The van der Waals surface area contributed by atoms with Crippen LogP contribution in [0, 0.1) is 6.92 Å². The molecule has 2 aromatic rings. The summed E-state index contributed by atoms with van der Waals surface area (Å²) in [6.45, 7) is 3.21. The minimum atomic E-state index is -1.06. The molecule has 2 rings (SSSR count). The normalized spacial score (nSPS) is 13.9. The van der Waals surface area contributed by atoms with Crippen LogP contribution in [-0.4, -0.2) is 37.0 Å². The maximum atomic E-state index is 10.9. The predicted molar refractivity (Wildman–Crippen MR) is 82.4 cm³/mol. The molecule has 2 unspecified atom stereocenters. The number of benzene rings is 1. The number of hydrogen-bond acceptors (Lipinski definition) is 5. The molecule has 6 heteroatoms. The summed E-state index contributed by atoms with van der Waals surface area (Å²) in [5.74, 6) is 0.159. The second kappa shape index (κ2) is 6.89. The monoisotopic (exact) mass is 306 g/mol. The van der Waals surface area contributed by atoms with Crippen molar-refractivity contribution in [3.8, 4) is 5.69 Å². The Balaban J connectivity index is 2.17. The molecule has 1 heterocycles. The summed E-state index contributed by atoms with van der Waals surface area (Å²) in [6.07, 6.45) is -0.364. The zero-order chi connectivity index (χ0) is 15.4. The van der Waals surface area contributed by atoms with Crippen LogP contribution >= 0.6 is 11.8 Å². The number of aliphatic hydroxyl groups is 2. The van der Waals surface area contributed by atoms with Crippen molar-refractivity contribution < 1.29 is 15.0 Å². The number of aryl methyl sites for hydroxylation is 1. The number of carbonyl (C=O) groups is 1. The van der Waals surface area contributed by atoms with Gasteiger partial charge in [0.1, 0.15) is 6.10 Å². The molecule has 0 aliphatic rings. The van der Waals surface area contributed by atoms with Crippen LogP contribution in [0.3, 0.4) is 0 Å². The quantitative estimate of drug-likeness (QED) is 0.882. The highest BCUT2D eigenvalue weighted by Crippen LogP contribution is 2.23. The van der Waals surface area contributed by atoms with Crippen molar-refractivity contribution in [3.05, 3.63) is 47.8 Å². The van der Waals surface area contributed by atoms with Crippen LogP contribution in [0.15, 0.2) is 36.5 Å². The highest BCUT2D eigenvalue weighted by atomic mass is 32.2. The van der Waals surface area contributed by atoms with Gasteiger partial charge < -0.3 is 10.2 Å². The first-order chi connectivity index (χ1) is 9.99. The minimum Gasteiger partial charge on any atom is -0.389 e. The van der Waals surface area contributed by atoms with Crippen molar-refractivity contribution in [2.24, 2.45) is 0 Å². The fourth-order valence-corrected chi connectivity index (χ4v) is 2.57. The lowest BCUT2D eigenvalue weighted by Crippen LogP contribution is -2.21. The van der Waals surface area contributed by atoms with E-state index >= 15 is 0 Å². The average molecular weight is 306 g/mol. The standard InChI is InChI=1S/C15H18N2O3S/c1-10-13(15(20)14(19)9-21-11(2)18)8-17(16-10)12-6-4-3-5-7-12/h3-8,14-15,19-20H,9H2,1-2H3. The first-order valence-electron chi connectivity index (χ1n) is 6.60. The number of para-hydroxylation sites is 1. The molecule has 2 atom stereocenters. The number of aliphatic hydroxyl groups excluding tert-OH is 2. The van der Waals surface area contributed by atoms with Gasteiger partial charge in [-0.15, -0.1) is 0 Å². The molecule has 21 heavy (non-hydrogen) atoms. The second-order valence-corrected chi connectivity index (χ2v) is 5.96. The third-order valence-corrected chi connectivity index (χ3v) is 4.01. The van der Waals surface area contributed by atoms with Gasteiger partial charge in [0, 0.05) is 24.4 Å². The highest BCUT2D eigenvalue weighted by Gasteiger charge is 2.23. The smallest absolute Gasteiger partial charge is 0.185 e. The van der Waals surface area contributed by atoms with Crippen LogP contribution in [0.2, 0.25) is 0 Å². The Kier molecular flexibility index (Phi) is 5.17. The van der Waals surface area contributed by atoms with Gasteiger partial charge in [0.2, 0.25) is 0 Å². The SMILES string of the molecule is CC(=O)SCC(O)C(O)c1cn(-c2ccccc2)nc1C. The van der Waals surface area contributed by atoms with Crippen LogP contribution in [-0.2, 0) is 4.79 Å². The molecule has 0 aliphatic heterocycles. The Morgan fingerprint density at radius 3 is 2.62 bits per heavy atom. The van der Waals surface area contributed by atoms with Gasteiger partial charge in [0.15, 0.2) is 5.12 Å². The molecule has 0 saturated carbocycles. The fraction of sp³-hybridized carbons (Fsp3) is 0.333. The second-order valence-electron chi connectivity index (χ2n) is 4.76. The first kappa shape index (κ1) is 15.8. The topological polar surface area (TPSA) is 75.3 Å². The van der Waals surface area contributed by atoms with Crippen molar-refractivity contribution in [1.29, 1.82) is 0 Å². The summed E-state index contributed by atoms with van der Waals surface area (Å²) in [7, 11) is 0. The Labute approximate surface area is 127 Å². The highest BCUT2D eigenvalue weighted by molar-refractivity contribution is 8.13. The molecule has 112 valence electrons. The van der Waals surface area contributed by atoms with E-state index in [0.29, 0.717) is 11.3 Å². The average Bonchev–Trinajstić information content (AvgIpc) is 2.86. The molecule has 0 spiro atoms. The third-order valence-electron chi connectivity index (χ3n) is 3.10. The molecular weight excluding hydrogens is 288 g/mol. The summed E-state index contributed by atoms with van der Waals surface area (Å²) >= 11 is 0.995. The lowest BCUT2D eigenvalue weighted by atomic mass is 10.1. The van der Waals surface area contributed by atoms with Gasteiger partial charge in [0.05, 0.1) is 17.5 Å². The van der Waals surface area contributed by atoms with Crippen LogP contribution in [0.5, 0.6) is 0 Å². The van der Waals surface area contributed by atoms with Gasteiger partial charge >= 0.3 is 0 Å². The van der Waals surface area contributed by atoms with E-state index in [1.807, 2.05) is 30.3 Å². The Hall–Kier alpha value is -1.63. The molecule has 0 fully saturated rings.